The summed E-state index contributed by atoms with van der Waals surface area (Å²) < 4.78 is 0. The molecule has 2 aromatic carbocycles. The average Bonchev–Trinajstić information content (AvgIpc) is 2.95. The van der Waals surface area contributed by atoms with Gasteiger partial charge >= 0.3 is 0 Å². The molecule has 1 heterocycles. The predicted octanol–water partition coefficient (Wildman–Crippen LogP) is 2.35. The number of hydrogen-bond acceptors (Lipinski definition) is 5. The highest BCUT2D eigenvalue weighted by molar-refractivity contribution is 6.31. The third kappa shape index (κ3) is 3.52. The summed E-state index contributed by atoms with van der Waals surface area (Å²) in [7, 11) is 0. The van der Waals surface area contributed by atoms with Gasteiger partial charge in [-0.2, -0.15) is 0 Å². The molecule has 0 fully saturated rings. The van der Waals surface area contributed by atoms with Crippen molar-refractivity contribution in [2.75, 3.05) is 11.9 Å². The molecule has 122 valence electrons. The Morgan fingerprint density at radius 2 is 1.96 bits per heavy atom. The van der Waals surface area contributed by atoms with Gasteiger partial charge in [0.1, 0.15) is 11.0 Å². The van der Waals surface area contributed by atoms with Crippen LogP contribution >= 0.6 is 11.6 Å². The van der Waals surface area contributed by atoms with Crippen LogP contribution in [0.4, 0.5) is 5.69 Å². The van der Waals surface area contributed by atoms with E-state index in [1.807, 2.05) is 0 Å². The largest absolute Gasteiger partial charge is 0.385 e. The van der Waals surface area contributed by atoms with Crippen LogP contribution < -0.4 is 10.2 Å². The number of amides is 1. The van der Waals surface area contributed by atoms with E-state index in [2.05, 4.69) is 15.6 Å². The van der Waals surface area contributed by atoms with Gasteiger partial charge in [0.05, 0.1) is 0 Å². The van der Waals surface area contributed by atoms with Crippen molar-refractivity contribution in [1.29, 1.82) is 0 Å². The maximum Gasteiger partial charge on any atom is 0.265 e. The first-order valence-electron chi connectivity index (χ1n) is 7.08. The highest BCUT2D eigenvalue weighted by atomic mass is 35.5. The number of anilines is 1. The normalized spacial score (nSPS) is 10.6. The molecule has 0 spiro atoms. The maximum atomic E-state index is 11.9. The van der Waals surface area contributed by atoms with Crippen molar-refractivity contribution in [2.45, 2.75) is 6.92 Å². The molecule has 24 heavy (non-hydrogen) atoms. The Labute approximate surface area is 142 Å². The standard InChI is InChI=1S/C16H13ClN4O3/c1-10(22)11-2-5-13(6-3-11)18-16(23)9-24-21-15-8-12(17)4-7-14(15)19-20-21/h2-8H,9H2,1H3,(H,18,23). The molecule has 7 nitrogen and oxygen atoms in total. The lowest BCUT2D eigenvalue weighted by Gasteiger charge is -2.07. The van der Waals surface area contributed by atoms with E-state index in [4.69, 9.17) is 16.4 Å². The second-order valence-electron chi connectivity index (χ2n) is 5.05. The number of nitrogens with one attached hydrogen (secondary N) is 1. The van der Waals surface area contributed by atoms with Crippen molar-refractivity contribution in [3.63, 3.8) is 0 Å². The number of rotatable bonds is 5. The molecule has 1 N–H and O–H groups in total. The highest BCUT2D eigenvalue weighted by Crippen LogP contribution is 2.16. The first-order chi connectivity index (χ1) is 11.5. The van der Waals surface area contributed by atoms with Gasteiger partial charge in [-0.05, 0) is 54.6 Å². The maximum absolute atomic E-state index is 11.9. The molecule has 0 radical (unpaired) electrons. The quantitative estimate of drug-likeness (QED) is 0.718. The summed E-state index contributed by atoms with van der Waals surface area (Å²) in [6.45, 7) is 1.23. The zero-order valence-electron chi connectivity index (χ0n) is 12.7. The monoisotopic (exact) mass is 344 g/mol. The fraction of sp³-hybridized carbons (Fsp3) is 0.125. The van der Waals surface area contributed by atoms with Crippen LogP contribution in [-0.4, -0.2) is 33.5 Å². The summed E-state index contributed by atoms with van der Waals surface area (Å²) >= 11 is 5.92. The van der Waals surface area contributed by atoms with Gasteiger partial charge < -0.3 is 10.2 Å². The Bertz CT molecular complexity index is 905. The number of carbonyl (C=O) groups is 2. The van der Waals surface area contributed by atoms with E-state index in [0.29, 0.717) is 27.3 Å². The minimum Gasteiger partial charge on any atom is -0.385 e. The van der Waals surface area contributed by atoms with Gasteiger partial charge in [-0.1, -0.05) is 16.4 Å². The Hall–Kier alpha value is -2.93. The molecule has 0 aliphatic heterocycles. The molecule has 0 saturated carbocycles. The van der Waals surface area contributed by atoms with Gasteiger partial charge in [0.25, 0.3) is 5.91 Å². The van der Waals surface area contributed by atoms with Crippen LogP contribution in [0, 0.1) is 0 Å². The van der Waals surface area contributed by atoms with Gasteiger partial charge in [-0.15, -0.1) is 5.10 Å². The number of fused-ring (bicyclic) bond motifs is 1. The van der Waals surface area contributed by atoms with Crippen LogP contribution in [-0.2, 0) is 4.79 Å². The van der Waals surface area contributed by atoms with Crippen LogP contribution in [0.3, 0.4) is 0 Å². The summed E-state index contributed by atoms with van der Waals surface area (Å²) in [4.78, 5) is 29.6. The van der Waals surface area contributed by atoms with Crippen molar-refractivity contribution in [3.8, 4) is 0 Å². The highest BCUT2D eigenvalue weighted by Gasteiger charge is 2.09. The summed E-state index contributed by atoms with van der Waals surface area (Å²) in [6.07, 6.45) is 0. The summed E-state index contributed by atoms with van der Waals surface area (Å²) in [5, 5.41) is 10.9. The molecule has 0 saturated heterocycles. The van der Waals surface area contributed by atoms with Crippen molar-refractivity contribution in [2.24, 2.45) is 0 Å². The molecule has 0 bridgehead atoms. The topological polar surface area (TPSA) is 86.1 Å². The summed E-state index contributed by atoms with van der Waals surface area (Å²) in [6, 6.07) is 11.6. The van der Waals surface area contributed by atoms with Crippen molar-refractivity contribution in [3.05, 3.63) is 53.1 Å². The van der Waals surface area contributed by atoms with E-state index < -0.39 is 0 Å². The number of nitrogens with zero attached hydrogens (tertiary/aromatic N) is 3. The molecule has 0 aliphatic carbocycles. The zero-order valence-corrected chi connectivity index (χ0v) is 13.4. The first kappa shape index (κ1) is 15.9. The van der Waals surface area contributed by atoms with Gasteiger partial charge in [-0.25, -0.2) is 0 Å². The van der Waals surface area contributed by atoms with Crippen molar-refractivity contribution >= 4 is 40.0 Å². The molecule has 0 aliphatic rings. The molecule has 3 rings (SSSR count). The SMILES string of the molecule is CC(=O)c1ccc(NC(=O)COn2nnc3ccc(Cl)cc32)cc1. The number of halogens is 1. The van der Waals surface area contributed by atoms with Crippen LogP contribution in [0.15, 0.2) is 42.5 Å². The average molecular weight is 345 g/mol. The molecule has 1 aromatic heterocycles. The number of hydrogen-bond donors (Lipinski definition) is 1. The molecule has 8 heteroatoms. The lowest BCUT2D eigenvalue weighted by molar-refractivity contribution is -0.121. The lowest BCUT2D eigenvalue weighted by atomic mass is 10.1. The first-order valence-corrected chi connectivity index (χ1v) is 7.46. The number of ketones is 1. The fourth-order valence-corrected chi connectivity index (χ4v) is 2.24. The van der Waals surface area contributed by atoms with Crippen molar-refractivity contribution < 1.29 is 14.4 Å². The van der Waals surface area contributed by atoms with Crippen molar-refractivity contribution in [1.82, 2.24) is 15.2 Å². The van der Waals surface area contributed by atoms with Gasteiger partial charge in [0.15, 0.2) is 12.4 Å². The third-order valence-corrected chi connectivity index (χ3v) is 3.51. The number of aromatic nitrogens is 3. The molecule has 1 amide bonds. The number of Topliss-reactive ketones (excluding diaryl/α,β-unsaturated/α-hetero) is 1. The molecular weight excluding hydrogens is 332 g/mol. The molecule has 3 aromatic rings. The smallest absolute Gasteiger partial charge is 0.265 e. The van der Waals surface area contributed by atoms with Crippen LogP contribution in [0.5, 0.6) is 0 Å². The lowest BCUT2D eigenvalue weighted by Crippen LogP contribution is -2.26. The van der Waals surface area contributed by atoms with Gasteiger partial charge in [0.2, 0.25) is 0 Å². The van der Waals surface area contributed by atoms with Crippen LogP contribution in [0.1, 0.15) is 17.3 Å². The number of carbonyl (C=O) groups excluding carboxylic acids is 2. The Morgan fingerprint density at radius 1 is 1.21 bits per heavy atom. The van der Waals surface area contributed by atoms with E-state index in [0.717, 1.165) is 4.85 Å². The molecule has 0 atom stereocenters. The summed E-state index contributed by atoms with van der Waals surface area (Å²) in [5.74, 6) is -0.399. The minimum atomic E-state index is -0.365. The fourth-order valence-electron chi connectivity index (χ4n) is 2.07. The Balaban J connectivity index is 1.62. The second-order valence-corrected chi connectivity index (χ2v) is 5.49. The number of benzene rings is 2. The molecular formula is C16H13ClN4O3. The Kier molecular flexibility index (Phi) is 4.43. The Morgan fingerprint density at radius 3 is 2.67 bits per heavy atom. The van der Waals surface area contributed by atoms with E-state index in [1.54, 1.807) is 42.5 Å². The van der Waals surface area contributed by atoms with E-state index in [-0.39, 0.29) is 18.3 Å². The van der Waals surface area contributed by atoms with Crippen LogP contribution in [0.25, 0.3) is 11.0 Å². The minimum absolute atomic E-state index is 0.0343. The molecule has 0 unspecified atom stereocenters. The van der Waals surface area contributed by atoms with Gasteiger partial charge in [0, 0.05) is 16.3 Å². The predicted molar refractivity (Wildman–Crippen MR) is 89.1 cm³/mol. The second kappa shape index (κ2) is 6.67. The van der Waals surface area contributed by atoms with E-state index in [1.165, 1.54) is 6.92 Å². The van der Waals surface area contributed by atoms with Gasteiger partial charge in [-0.3, -0.25) is 9.59 Å². The summed E-state index contributed by atoms with van der Waals surface area (Å²) in [5.41, 5.74) is 2.33. The van der Waals surface area contributed by atoms with E-state index in [9.17, 15) is 9.59 Å². The van der Waals surface area contributed by atoms with E-state index >= 15 is 0 Å². The van der Waals surface area contributed by atoms with Crippen LogP contribution in [0.2, 0.25) is 5.02 Å². The zero-order chi connectivity index (χ0) is 17.1. The third-order valence-electron chi connectivity index (χ3n) is 3.27.